The summed E-state index contributed by atoms with van der Waals surface area (Å²) in [5.74, 6) is -1.30. The molecule has 1 heterocycles. The zero-order valence-corrected chi connectivity index (χ0v) is 19.5. The molecule has 0 aromatic rings. The van der Waals surface area contributed by atoms with Gasteiger partial charge in [0.25, 0.3) is 0 Å². The number of ether oxygens (including phenoxy) is 2. The average Bonchev–Trinajstić information content (AvgIpc) is 2.94. The molecule has 5 nitrogen and oxygen atoms in total. The van der Waals surface area contributed by atoms with Gasteiger partial charge in [0, 0.05) is 6.42 Å². The molecule has 0 aromatic carbocycles. The van der Waals surface area contributed by atoms with Gasteiger partial charge in [0.05, 0.1) is 12.0 Å². The highest BCUT2D eigenvalue weighted by Crippen LogP contribution is 2.54. The van der Waals surface area contributed by atoms with Crippen molar-refractivity contribution in [3.63, 3.8) is 0 Å². The van der Waals surface area contributed by atoms with E-state index in [9.17, 15) is 14.7 Å². The zero-order chi connectivity index (χ0) is 22.1. The smallest absolute Gasteiger partial charge is 0.176 e. The van der Waals surface area contributed by atoms with Gasteiger partial charge in [-0.05, 0) is 50.9 Å². The summed E-state index contributed by atoms with van der Waals surface area (Å²) in [6, 6.07) is 0. The van der Waals surface area contributed by atoms with Crippen molar-refractivity contribution in [1.82, 2.24) is 0 Å². The van der Waals surface area contributed by atoms with Crippen molar-refractivity contribution in [1.29, 1.82) is 0 Å². The fourth-order valence-corrected chi connectivity index (χ4v) is 4.61. The van der Waals surface area contributed by atoms with E-state index in [0.717, 1.165) is 12.8 Å². The van der Waals surface area contributed by atoms with Gasteiger partial charge in [-0.25, -0.2) is 0 Å². The molecule has 2 aliphatic rings. The number of aliphatic hydroxyl groups is 1. The van der Waals surface area contributed by atoms with Crippen molar-refractivity contribution in [2.45, 2.75) is 105 Å². The summed E-state index contributed by atoms with van der Waals surface area (Å²) in [7, 11) is 0. The Labute approximate surface area is 176 Å². The van der Waals surface area contributed by atoms with Crippen LogP contribution in [-0.4, -0.2) is 34.2 Å². The minimum Gasteiger partial charge on any atom is -0.508 e. The molecule has 0 unspecified atom stereocenters. The molecule has 5 heteroatoms. The number of aliphatic hydroxyl groups excluding tert-OH is 1. The summed E-state index contributed by atoms with van der Waals surface area (Å²) in [6.07, 6.45) is 2.72. The monoisotopic (exact) mass is 408 g/mol. The summed E-state index contributed by atoms with van der Waals surface area (Å²) >= 11 is 0. The maximum absolute atomic E-state index is 13.4. The predicted molar refractivity (Wildman–Crippen MR) is 114 cm³/mol. The number of hydrogen-bond donors (Lipinski definition) is 1. The van der Waals surface area contributed by atoms with Crippen LogP contribution in [0, 0.1) is 23.7 Å². The Morgan fingerprint density at radius 1 is 1.00 bits per heavy atom. The number of carbonyl (C=O) groups is 2. The van der Waals surface area contributed by atoms with Crippen LogP contribution in [-0.2, 0) is 19.1 Å². The lowest BCUT2D eigenvalue weighted by Gasteiger charge is -2.35. The highest BCUT2D eigenvalue weighted by atomic mass is 16.8. The number of rotatable bonds is 9. The van der Waals surface area contributed by atoms with E-state index in [1.807, 2.05) is 27.7 Å². The van der Waals surface area contributed by atoms with E-state index in [1.54, 1.807) is 0 Å². The lowest BCUT2D eigenvalue weighted by atomic mass is 9.78. The topological polar surface area (TPSA) is 72.8 Å². The van der Waals surface area contributed by atoms with Crippen LogP contribution in [0.3, 0.4) is 0 Å². The molecule has 0 aromatic heterocycles. The van der Waals surface area contributed by atoms with Crippen LogP contribution in [0.1, 0.15) is 87.5 Å². The third-order valence-corrected chi connectivity index (χ3v) is 5.92. The molecule has 1 N–H and O–H groups in total. The molecule has 29 heavy (non-hydrogen) atoms. The Morgan fingerprint density at radius 2 is 1.55 bits per heavy atom. The van der Waals surface area contributed by atoms with Gasteiger partial charge < -0.3 is 14.6 Å². The molecular formula is C24H40O5. The van der Waals surface area contributed by atoms with Crippen LogP contribution < -0.4 is 0 Å². The SMILES string of the molecule is CC(C)CC[C@@H]1C(=O)C(C(=O)CC(C)C)=C(O)[C@]12OC(C)(C)O[C@@H]2CCC(C)C. The lowest BCUT2D eigenvalue weighted by molar-refractivity contribution is -0.170. The first kappa shape index (κ1) is 24.1. The zero-order valence-electron chi connectivity index (χ0n) is 19.5. The fraction of sp³-hybridized carbons (Fsp3) is 0.833. The second kappa shape index (κ2) is 8.89. The maximum atomic E-state index is 13.4. The first-order valence-corrected chi connectivity index (χ1v) is 11.2. The number of Topliss-reactive ketones (excluding diaryl/α,β-unsaturated/α-hetero) is 2. The van der Waals surface area contributed by atoms with Gasteiger partial charge in [-0.1, -0.05) is 48.0 Å². The minimum absolute atomic E-state index is 0.0525. The maximum Gasteiger partial charge on any atom is 0.176 e. The van der Waals surface area contributed by atoms with Crippen LogP contribution in [0.2, 0.25) is 0 Å². The van der Waals surface area contributed by atoms with Crippen molar-refractivity contribution in [2.75, 3.05) is 0 Å². The average molecular weight is 409 g/mol. The van der Waals surface area contributed by atoms with Crippen LogP contribution in [0.4, 0.5) is 0 Å². The molecule has 1 spiro atoms. The summed E-state index contributed by atoms with van der Waals surface area (Å²) in [6.45, 7) is 16.0. The van der Waals surface area contributed by atoms with E-state index < -0.39 is 23.4 Å². The van der Waals surface area contributed by atoms with Crippen LogP contribution >= 0.6 is 0 Å². The van der Waals surface area contributed by atoms with Gasteiger partial charge in [0.1, 0.15) is 11.3 Å². The molecule has 1 saturated heterocycles. The van der Waals surface area contributed by atoms with Crippen molar-refractivity contribution in [3.05, 3.63) is 11.3 Å². The van der Waals surface area contributed by atoms with E-state index in [0.29, 0.717) is 24.7 Å². The van der Waals surface area contributed by atoms with Crippen molar-refractivity contribution in [2.24, 2.45) is 23.7 Å². The van der Waals surface area contributed by atoms with Gasteiger partial charge in [-0.15, -0.1) is 0 Å². The minimum atomic E-state index is -1.26. The van der Waals surface area contributed by atoms with E-state index in [2.05, 4.69) is 27.7 Å². The Morgan fingerprint density at radius 3 is 2.07 bits per heavy atom. The van der Waals surface area contributed by atoms with Crippen molar-refractivity contribution < 1.29 is 24.2 Å². The Kier molecular flexibility index (Phi) is 7.38. The molecule has 0 bridgehead atoms. The largest absolute Gasteiger partial charge is 0.508 e. The highest BCUT2D eigenvalue weighted by Gasteiger charge is 2.66. The van der Waals surface area contributed by atoms with E-state index in [-0.39, 0.29) is 35.2 Å². The van der Waals surface area contributed by atoms with Crippen LogP contribution in [0.5, 0.6) is 0 Å². The van der Waals surface area contributed by atoms with E-state index in [1.165, 1.54) is 0 Å². The van der Waals surface area contributed by atoms with Gasteiger partial charge in [-0.3, -0.25) is 9.59 Å². The quantitative estimate of drug-likeness (QED) is 0.519. The summed E-state index contributed by atoms with van der Waals surface area (Å²) in [4.78, 5) is 26.3. The third kappa shape index (κ3) is 4.93. The summed E-state index contributed by atoms with van der Waals surface area (Å²) < 4.78 is 12.6. The molecular weight excluding hydrogens is 368 g/mol. The first-order chi connectivity index (χ1) is 13.3. The second-order valence-electron chi connectivity index (χ2n) is 10.5. The normalized spacial score (nSPS) is 29.3. The lowest BCUT2D eigenvalue weighted by Crippen LogP contribution is -2.48. The summed E-state index contributed by atoms with van der Waals surface area (Å²) in [5.41, 5.74) is -1.31. The van der Waals surface area contributed by atoms with Gasteiger partial charge in [0.2, 0.25) is 0 Å². The van der Waals surface area contributed by atoms with E-state index in [4.69, 9.17) is 9.47 Å². The predicted octanol–water partition coefficient (Wildman–Crippen LogP) is 5.38. The van der Waals surface area contributed by atoms with Crippen molar-refractivity contribution in [3.8, 4) is 0 Å². The Balaban J connectivity index is 2.53. The van der Waals surface area contributed by atoms with Crippen molar-refractivity contribution >= 4 is 11.6 Å². The van der Waals surface area contributed by atoms with Gasteiger partial charge in [-0.2, -0.15) is 0 Å². The Hall–Kier alpha value is -1.20. The molecule has 0 radical (unpaired) electrons. The molecule has 0 saturated carbocycles. The third-order valence-electron chi connectivity index (χ3n) is 5.92. The van der Waals surface area contributed by atoms with Crippen LogP contribution in [0.25, 0.3) is 0 Å². The fourth-order valence-electron chi connectivity index (χ4n) is 4.61. The number of allylic oxidation sites excluding steroid dienone is 1. The molecule has 1 aliphatic carbocycles. The molecule has 2 rings (SSSR count). The number of hydrogen-bond acceptors (Lipinski definition) is 5. The van der Waals surface area contributed by atoms with Crippen LogP contribution in [0.15, 0.2) is 11.3 Å². The molecule has 3 atom stereocenters. The number of ketones is 2. The molecule has 1 aliphatic heterocycles. The first-order valence-electron chi connectivity index (χ1n) is 11.2. The molecule has 1 fully saturated rings. The second-order valence-corrected chi connectivity index (χ2v) is 10.5. The van der Waals surface area contributed by atoms with Gasteiger partial charge in [0.15, 0.2) is 23.0 Å². The standard InChI is InChI=1S/C24H40O5/c1-14(2)9-11-17-21(26)20(18(25)13-16(5)6)22(27)24(17)19(12-10-15(3)4)28-23(7,8)29-24/h14-17,19,27H,9-13H2,1-8H3/t17-,19-,24+/m1/s1. The molecule has 0 amide bonds. The molecule has 166 valence electrons. The number of carbonyl (C=O) groups excluding carboxylic acids is 2. The van der Waals surface area contributed by atoms with Gasteiger partial charge >= 0.3 is 0 Å². The highest BCUT2D eigenvalue weighted by molar-refractivity contribution is 6.23. The Bertz CT molecular complexity index is 658. The van der Waals surface area contributed by atoms with E-state index >= 15 is 0 Å². The summed E-state index contributed by atoms with van der Waals surface area (Å²) in [5, 5.41) is 11.3.